The summed E-state index contributed by atoms with van der Waals surface area (Å²) < 4.78 is 9.02. The van der Waals surface area contributed by atoms with Crippen molar-refractivity contribution < 1.29 is 25.8 Å². The second kappa shape index (κ2) is 15.6. The molecular formula is C60H47N4OPt-3. The quantitative estimate of drug-likeness (QED) is 0.127. The van der Waals surface area contributed by atoms with Crippen molar-refractivity contribution in [2.75, 3.05) is 9.80 Å². The van der Waals surface area contributed by atoms with Crippen LogP contribution in [-0.4, -0.2) is 9.55 Å². The van der Waals surface area contributed by atoms with Gasteiger partial charge < -0.3 is 19.1 Å². The number of rotatable bonds is 5. The number of ether oxygens (including phenoxy) is 1. The van der Waals surface area contributed by atoms with Crippen LogP contribution in [0, 0.1) is 18.8 Å². The van der Waals surface area contributed by atoms with Crippen LogP contribution in [0.2, 0.25) is 0 Å². The van der Waals surface area contributed by atoms with Crippen LogP contribution < -0.4 is 14.5 Å². The smallest absolute Gasteiger partial charge is 0.144 e. The monoisotopic (exact) mass is 1030 g/mol. The Morgan fingerprint density at radius 1 is 0.500 bits per heavy atom. The molecular weight excluding hydrogens is 988 g/mol. The van der Waals surface area contributed by atoms with Gasteiger partial charge in [0.25, 0.3) is 0 Å². The number of hydrogen-bond acceptors (Lipinski definition) is 4. The number of nitrogens with zero attached hydrogens (tertiary/aromatic N) is 4. The van der Waals surface area contributed by atoms with E-state index < -0.39 is 0 Å². The van der Waals surface area contributed by atoms with Crippen molar-refractivity contribution in [1.82, 2.24) is 9.55 Å². The van der Waals surface area contributed by atoms with Crippen LogP contribution in [0.15, 0.2) is 170 Å². The van der Waals surface area contributed by atoms with Gasteiger partial charge in [-0.3, -0.25) is 0 Å². The molecule has 1 aliphatic rings. The molecule has 6 heteroatoms. The Kier molecular flexibility index (Phi) is 9.87. The Morgan fingerprint density at radius 2 is 1.09 bits per heavy atom. The number of hydrogen-bond donors (Lipinski definition) is 0. The van der Waals surface area contributed by atoms with Gasteiger partial charge in [-0.25, -0.2) is 4.98 Å². The van der Waals surface area contributed by atoms with Crippen LogP contribution >= 0.6 is 0 Å². The fourth-order valence-electron chi connectivity index (χ4n) is 9.72. The van der Waals surface area contributed by atoms with Gasteiger partial charge in [0.05, 0.1) is 5.52 Å². The summed E-state index contributed by atoms with van der Waals surface area (Å²) in [4.78, 5) is 10.0. The van der Waals surface area contributed by atoms with Crippen molar-refractivity contribution in [3.8, 4) is 17.3 Å². The molecule has 11 aromatic rings. The zero-order valence-electron chi connectivity index (χ0n) is 37.8. The Morgan fingerprint density at radius 3 is 1.80 bits per heavy atom. The molecule has 1 aliphatic heterocycles. The van der Waals surface area contributed by atoms with Gasteiger partial charge >= 0.3 is 0 Å². The van der Waals surface area contributed by atoms with Crippen LogP contribution in [0.5, 0.6) is 11.5 Å². The Hall–Kier alpha value is -6.94. The summed E-state index contributed by atoms with van der Waals surface area (Å²) in [6.07, 6.45) is 0. The van der Waals surface area contributed by atoms with Crippen molar-refractivity contribution >= 4 is 87.8 Å². The van der Waals surface area contributed by atoms with Crippen molar-refractivity contribution in [2.45, 2.75) is 52.4 Å². The summed E-state index contributed by atoms with van der Waals surface area (Å²) in [6, 6.07) is 67.9. The first kappa shape index (κ1) is 41.7. The number of pyridine rings is 1. The molecule has 0 amide bonds. The molecule has 0 fully saturated rings. The van der Waals surface area contributed by atoms with E-state index in [4.69, 9.17) is 9.72 Å². The van der Waals surface area contributed by atoms with E-state index >= 15 is 0 Å². The Labute approximate surface area is 400 Å². The van der Waals surface area contributed by atoms with Gasteiger partial charge in [-0.1, -0.05) is 144 Å². The van der Waals surface area contributed by atoms with Crippen molar-refractivity contribution in [3.05, 3.63) is 200 Å². The first-order valence-corrected chi connectivity index (χ1v) is 22.5. The first-order valence-electron chi connectivity index (χ1n) is 22.5. The zero-order valence-corrected chi connectivity index (χ0v) is 40.0. The zero-order chi connectivity index (χ0) is 44.2. The second-order valence-electron chi connectivity index (χ2n) is 19.4. The van der Waals surface area contributed by atoms with Gasteiger partial charge in [0.2, 0.25) is 0 Å². The van der Waals surface area contributed by atoms with Crippen LogP contribution in [-0.2, 0) is 31.9 Å². The predicted octanol–water partition coefficient (Wildman–Crippen LogP) is 16.2. The predicted molar refractivity (Wildman–Crippen MR) is 272 cm³/mol. The maximum absolute atomic E-state index is 6.74. The van der Waals surface area contributed by atoms with Gasteiger partial charge in [0.1, 0.15) is 5.82 Å². The summed E-state index contributed by atoms with van der Waals surface area (Å²) in [5, 5.41) is 10.4. The van der Waals surface area contributed by atoms with Crippen molar-refractivity contribution in [3.63, 3.8) is 0 Å². The maximum Gasteiger partial charge on any atom is 0.144 e. The van der Waals surface area contributed by atoms with Crippen molar-refractivity contribution in [1.29, 1.82) is 0 Å². The molecule has 0 aliphatic carbocycles. The van der Waals surface area contributed by atoms with E-state index in [-0.39, 0.29) is 31.9 Å². The molecule has 0 radical (unpaired) electrons. The van der Waals surface area contributed by atoms with E-state index in [0.717, 1.165) is 66.7 Å². The molecule has 9 aromatic carbocycles. The minimum absolute atomic E-state index is 0. The van der Waals surface area contributed by atoms with Gasteiger partial charge in [-0.05, 0) is 91.4 Å². The minimum atomic E-state index is -0.00716. The molecule has 5 nitrogen and oxygen atoms in total. The standard InChI is InChI=1S/C60H47N4O.Pt/c1-59(2,3)40-32-41(60(4,5)6)34-43(33-40)63-37-62(53-24-13-14-25-54(53)63)42-18-15-19-44(35-42)65-45-28-30-49-48-22-11-12-23-52(48)64(55(49)36-45)58-50-29-26-38-16-7-9-20-46(38)56(50)57-47-21-10-8-17-39(47)27-31-51(57)61-58;/h7-34,37H,1-6H3;/q-3;. The summed E-state index contributed by atoms with van der Waals surface area (Å²) in [5.41, 5.74) is 9.71. The Bertz CT molecular complexity index is 3690. The second-order valence-corrected chi connectivity index (χ2v) is 19.4. The SMILES string of the molecule is CC(C)(C)c1cc(N2[CH-]N(c3[c-]c(Oc4[c-]c5c(cc4)c4ccccc4n5-c4nc5ccc6ccccc6c5c5c4ccc4ccccc45)ccc3)c3ccccc32)cc(C(C)(C)C)c1.[Pt]. The molecule has 66 heavy (non-hydrogen) atoms. The van der Waals surface area contributed by atoms with Crippen LogP contribution in [0.25, 0.3) is 70.8 Å². The topological polar surface area (TPSA) is 33.5 Å². The third kappa shape index (κ3) is 6.83. The first-order chi connectivity index (χ1) is 31.5. The van der Waals surface area contributed by atoms with E-state index in [2.05, 4.69) is 226 Å². The van der Waals surface area contributed by atoms with Gasteiger partial charge in [0.15, 0.2) is 0 Å². The number of para-hydroxylation sites is 3. The molecule has 12 rings (SSSR count). The summed E-state index contributed by atoms with van der Waals surface area (Å²) in [5.74, 6) is 2.05. The summed E-state index contributed by atoms with van der Waals surface area (Å²) in [7, 11) is 0. The number of aromatic nitrogens is 2. The molecule has 0 atom stereocenters. The summed E-state index contributed by atoms with van der Waals surface area (Å²) >= 11 is 0. The molecule has 0 saturated carbocycles. The van der Waals surface area contributed by atoms with E-state index in [1.54, 1.807) is 0 Å². The molecule has 0 unspecified atom stereocenters. The maximum atomic E-state index is 6.74. The number of anilines is 4. The van der Waals surface area contributed by atoms with E-state index in [1.165, 1.54) is 38.1 Å². The molecule has 0 spiro atoms. The van der Waals surface area contributed by atoms with Crippen LogP contribution in [0.1, 0.15) is 52.7 Å². The van der Waals surface area contributed by atoms with Gasteiger partial charge in [-0.15, -0.1) is 48.1 Å². The molecule has 326 valence electrons. The summed E-state index contributed by atoms with van der Waals surface area (Å²) in [6.45, 7) is 15.9. The average Bonchev–Trinajstić information content (AvgIpc) is 3.86. The fraction of sp³-hybridized carbons (Fsp3) is 0.133. The van der Waals surface area contributed by atoms with Crippen LogP contribution in [0.4, 0.5) is 22.7 Å². The average molecular weight is 1040 g/mol. The number of fused-ring (bicyclic) bond motifs is 11. The van der Waals surface area contributed by atoms with E-state index in [9.17, 15) is 0 Å². The van der Waals surface area contributed by atoms with Gasteiger partial charge in [0, 0.05) is 71.3 Å². The van der Waals surface area contributed by atoms with Crippen molar-refractivity contribution in [2.24, 2.45) is 0 Å². The minimum Gasteiger partial charge on any atom is -0.509 e. The third-order valence-electron chi connectivity index (χ3n) is 13.1. The number of benzene rings is 9. The van der Waals surface area contributed by atoms with Gasteiger partial charge in [-0.2, -0.15) is 12.1 Å². The molecule has 3 heterocycles. The Balaban J connectivity index is 0.00000481. The molecule has 2 aromatic heterocycles. The molecule has 0 saturated heterocycles. The largest absolute Gasteiger partial charge is 0.509 e. The van der Waals surface area contributed by atoms with E-state index in [1.807, 2.05) is 18.2 Å². The normalized spacial score (nSPS) is 13.1. The molecule has 0 bridgehead atoms. The fourth-order valence-corrected chi connectivity index (χ4v) is 9.72. The van der Waals surface area contributed by atoms with Crippen LogP contribution in [0.3, 0.4) is 0 Å². The van der Waals surface area contributed by atoms with E-state index in [0.29, 0.717) is 11.5 Å². The molecule has 0 N–H and O–H groups in total. The third-order valence-corrected chi connectivity index (χ3v) is 13.1.